The van der Waals surface area contributed by atoms with Crippen LogP contribution < -0.4 is 0 Å². The van der Waals surface area contributed by atoms with Crippen molar-refractivity contribution in [3.8, 4) is 0 Å². The van der Waals surface area contributed by atoms with Crippen molar-refractivity contribution < 1.29 is 4.79 Å². The van der Waals surface area contributed by atoms with E-state index >= 15 is 0 Å². The molecule has 3 nitrogen and oxygen atoms in total. The van der Waals surface area contributed by atoms with Crippen LogP contribution in [0.1, 0.15) is 40.5 Å². The molecule has 2 fully saturated rings. The second-order valence-corrected chi connectivity index (χ2v) is 7.77. The van der Waals surface area contributed by atoms with Crippen LogP contribution in [0, 0.1) is 12.8 Å². The van der Waals surface area contributed by atoms with Gasteiger partial charge in [0, 0.05) is 46.6 Å². The summed E-state index contributed by atoms with van der Waals surface area (Å²) in [5, 5.41) is 0. The van der Waals surface area contributed by atoms with E-state index in [0.29, 0.717) is 17.9 Å². The molecule has 0 unspecified atom stereocenters. The van der Waals surface area contributed by atoms with Crippen LogP contribution in [0.15, 0.2) is 36.7 Å². The van der Waals surface area contributed by atoms with Gasteiger partial charge in [-0.15, -0.1) is 11.3 Å². The van der Waals surface area contributed by atoms with Crippen molar-refractivity contribution in [1.29, 1.82) is 0 Å². The van der Waals surface area contributed by atoms with Gasteiger partial charge in [-0.3, -0.25) is 9.78 Å². The van der Waals surface area contributed by atoms with Crippen molar-refractivity contribution in [3.05, 3.63) is 52.0 Å². The van der Waals surface area contributed by atoms with E-state index in [-0.39, 0.29) is 5.92 Å². The van der Waals surface area contributed by atoms with Gasteiger partial charge >= 0.3 is 0 Å². The van der Waals surface area contributed by atoms with Crippen molar-refractivity contribution >= 4 is 17.2 Å². The highest BCUT2D eigenvalue weighted by Gasteiger charge is 2.48. The Hall–Kier alpha value is -1.68. The maximum atomic E-state index is 12.9. The Morgan fingerprint density at radius 2 is 2.05 bits per heavy atom. The number of hydrogen-bond donors (Lipinski definition) is 0. The number of aromatic nitrogens is 1. The zero-order valence-electron chi connectivity index (χ0n) is 12.7. The van der Waals surface area contributed by atoms with Crippen molar-refractivity contribution in [2.24, 2.45) is 5.92 Å². The van der Waals surface area contributed by atoms with Gasteiger partial charge in [0.25, 0.3) is 0 Å². The highest BCUT2D eigenvalue weighted by atomic mass is 32.1. The van der Waals surface area contributed by atoms with Gasteiger partial charge in [0.1, 0.15) is 0 Å². The van der Waals surface area contributed by atoms with Gasteiger partial charge in [-0.2, -0.15) is 0 Å². The number of amides is 1. The van der Waals surface area contributed by atoms with E-state index in [1.54, 1.807) is 12.4 Å². The summed E-state index contributed by atoms with van der Waals surface area (Å²) in [6.07, 6.45) is 6.95. The molecule has 0 spiro atoms. The average Bonchev–Trinajstić information content (AvgIpc) is 3.44. The van der Waals surface area contributed by atoms with Crippen molar-refractivity contribution in [1.82, 2.24) is 9.88 Å². The number of rotatable bonds is 5. The van der Waals surface area contributed by atoms with E-state index < -0.39 is 0 Å². The minimum atomic E-state index is 0.209. The Morgan fingerprint density at radius 1 is 1.27 bits per heavy atom. The molecule has 2 aliphatic rings. The fourth-order valence-corrected chi connectivity index (χ4v) is 4.16. The molecule has 0 bridgehead atoms. The van der Waals surface area contributed by atoms with Gasteiger partial charge in [-0.25, -0.2) is 0 Å². The van der Waals surface area contributed by atoms with E-state index in [4.69, 9.17) is 0 Å². The van der Waals surface area contributed by atoms with E-state index in [1.165, 1.54) is 15.3 Å². The van der Waals surface area contributed by atoms with Crippen LogP contribution >= 0.6 is 11.3 Å². The predicted molar refractivity (Wildman–Crippen MR) is 87.7 cm³/mol. The fraction of sp³-hybridized carbons (Fsp3) is 0.444. The van der Waals surface area contributed by atoms with Crippen LogP contribution in [-0.4, -0.2) is 21.8 Å². The third-order valence-electron chi connectivity index (χ3n) is 4.61. The quantitative estimate of drug-likeness (QED) is 0.842. The summed E-state index contributed by atoms with van der Waals surface area (Å²) >= 11 is 1.84. The smallest absolute Gasteiger partial charge is 0.226 e. The maximum Gasteiger partial charge on any atom is 0.226 e. The molecule has 2 aliphatic carbocycles. The van der Waals surface area contributed by atoms with Gasteiger partial charge in [-0.1, -0.05) is 0 Å². The van der Waals surface area contributed by atoms with Crippen molar-refractivity contribution in [2.45, 2.75) is 44.7 Å². The largest absolute Gasteiger partial charge is 0.335 e. The van der Waals surface area contributed by atoms with Gasteiger partial charge in [0.2, 0.25) is 5.91 Å². The summed E-state index contributed by atoms with van der Waals surface area (Å²) in [6.45, 7) is 2.87. The predicted octanol–water partition coefficient (Wildman–Crippen LogP) is 3.75. The summed E-state index contributed by atoms with van der Waals surface area (Å²) in [5.41, 5.74) is 1.18. The van der Waals surface area contributed by atoms with Crippen LogP contribution in [0.4, 0.5) is 0 Å². The molecule has 0 aliphatic heterocycles. The number of carbonyl (C=O) groups is 1. The van der Waals surface area contributed by atoms with Crippen molar-refractivity contribution in [2.75, 3.05) is 0 Å². The number of nitrogens with zero attached hydrogens (tertiary/aromatic N) is 2. The molecule has 2 aromatic heterocycles. The first-order valence-corrected chi connectivity index (χ1v) is 8.80. The Labute approximate surface area is 135 Å². The standard InChI is InChI=1S/C18H20N2OS/c1-12-2-5-17(22-12)15-10-16(15)18(21)20(14-3-4-14)11-13-6-8-19-9-7-13/h2,5-9,14-16H,3-4,10-11H2,1H3/t15-,16+/m0/s1. The molecule has 2 heterocycles. The molecule has 0 N–H and O–H groups in total. The lowest BCUT2D eigenvalue weighted by Gasteiger charge is -2.22. The monoisotopic (exact) mass is 312 g/mol. The number of carbonyl (C=O) groups excluding carboxylic acids is 1. The summed E-state index contributed by atoms with van der Waals surface area (Å²) in [7, 11) is 0. The Balaban J connectivity index is 1.46. The van der Waals surface area contributed by atoms with E-state index in [1.807, 2.05) is 23.5 Å². The minimum Gasteiger partial charge on any atom is -0.335 e. The zero-order valence-corrected chi connectivity index (χ0v) is 13.6. The fourth-order valence-electron chi connectivity index (χ4n) is 3.11. The highest BCUT2D eigenvalue weighted by molar-refractivity contribution is 7.12. The van der Waals surface area contributed by atoms with Crippen LogP contribution in [0.2, 0.25) is 0 Å². The third-order valence-corrected chi connectivity index (χ3v) is 5.74. The molecular weight excluding hydrogens is 292 g/mol. The molecule has 2 atom stereocenters. The molecule has 114 valence electrons. The molecule has 0 aromatic carbocycles. The lowest BCUT2D eigenvalue weighted by molar-refractivity contribution is -0.133. The number of pyridine rings is 1. The number of thiophene rings is 1. The van der Waals surface area contributed by atoms with Gasteiger partial charge < -0.3 is 4.90 Å². The van der Waals surface area contributed by atoms with Crippen LogP contribution in [-0.2, 0) is 11.3 Å². The van der Waals surface area contributed by atoms with E-state index in [9.17, 15) is 4.79 Å². The second-order valence-electron chi connectivity index (χ2n) is 6.45. The summed E-state index contributed by atoms with van der Waals surface area (Å²) in [4.78, 5) is 21.8. The minimum absolute atomic E-state index is 0.209. The lowest BCUT2D eigenvalue weighted by atomic mass is 10.2. The Bertz CT molecular complexity index is 677. The molecule has 0 radical (unpaired) electrons. The highest BCUT2D eigenvalue weighted by Crippen LogP contribution is 2.51. The average molecular weight is 312 g/mol. The Morgan fingerprint density at radius 3 is 2.68 bits per heavy atom. The zero-order chi connectivity index (χ0) is 15.1. The molecule has 1 amide bonds. The third kappa shape index (κ3) is 2.80. The van der Waals surface area contributed by atoms with Gasteiger partial charge in [0.15, 0.2) is 0 Å². The first kappa shape index (κ1) is 13.9. The number of aryl methyl sites for hydroxylation is 1. The van der Waals surface area contributed by atoms with E-state index in [2.05, 4.69) is 28.9 Å². The first-order chi connectivity index (χ1) is 10.7. The molecule has 4 heteroatoms. The summed E-state index contributed by atoms with van der Waals surface area (Å²) in [5.74, 6) is 1.03. The van der Waals surface area contributed by atoms with Crippen molar-refractivity contribution in [3.63, 3.8) is 0 Å². The molecule has 22 heavy (non-hydrogen) atoms. The van der Waals surface area contributed by atoms with E-state index in [0.717, 1.165) is 25.8 Å². The molecule has 4 rings (SSSR count). The molecular formula is C18H20N2OS. The summed E-state index contributed by atoms with van der Waals surface area (Å²) < 4.78 is 0. The second kappa shape index (κ2) is 5.51. The maximum absolute atomic E-state index is 12.9. The van der Waals surface area contributed by atoms with Gasteiger partial charge in [-0.05, 0) is 56.0 Å². The first-order valence-electron chi connectivity index (χ1n) is 7.98. The van der Waals surface area contributed by atoms with Crippen LogP contribution in [0.25, 0.3) is 0 Å². The van der Waals surface area contributed by atoms with Crippen LogP contribution in [0.5, 0.6) is 0 Å². The molecule has 2 saturated carbocycles. The normalized spacial score (nSPS) is 23.3. The lowest BCUT2D eigenvalue weighted by Crippen LogP contribution is -2.34. The number of hydrogen-bond acceptors (Lipinski definition) is 3. The van der Waals surface area contributed by atoms with Gasteiger partial charge in [0.05, 0.1) is 0 Å². The SMILES string of the molecule is Cc1ccc([C@H]2C[C@H]2C(=O)N(Cc2ccncc2)C2CC2)s1. The molecule has 0 saturated heterocycles. The summed E-state index contributed by atoms with van der Waals surface area (Å²) in [6, 6.07) is 8.84. The molecule has 2 aromatic rings. The van der Waals surface area contributed by atoms with Crippen LogP contribution in [0.3, 0.4) is 0 Å². The Kier molecular flexibility index (Phi) is 3.49. The topological polar surface area (TPSA) is 33.2 Å².